The molecule has 5 aromatic rings. The number of hydrogen-bond donors (Lipinski definition) is 2. The van der Waals surface area contributed by atoms with E-state index in [0.29, 0.717) is 34.8 Å². The molecule has 5 rings (SSSR count). The van der Waals surface area contributed by atoms with Crippen molar-refractivity contribution in [2.75, 3.05) is 7.11 Å². The van der Waals surface area contributed by atoms with Crippen molar-refractivity contribution >= 4 is 11.0 Å². The molecular formula is C21H19N7O2. The number of nitrogens with one attached hydrogen (secondary N) is 2. The van der Waals surface area contributed by atoms with Gasteiger partial charge in [0.1, 0.15) is 28.3 Å². The summed E-state index contributed by atoms with van der Waals surface area (Å²) in [4.78, 5) is 28.3. The molecule has 1 aromatic carbocycles. The first-order valence-electron chi connectivity index (χ1n) is 9.38. The van der Waals surface area contributed by atoms with Gasteiger partial charge in [-0.1, -0.05) is 12.1 Å². The fourth-order valence-corrected chi connectivity index (χ4v) is 3.65. The van der Waals surface area contributed by atoms with Gasteiger partial charge in [-0.15, -0.1) is 0 Å². The minimum absolute atomic E-state index is 0.158. The number of aromatic nitrogens is 7. The highest BCUT2D eigenvalue weighted by Crippen LogP contribution is 2.27. The summed E-state index contributed by atoms with van der Waals surface area (Å²) in [6.07, 6.45) is 6.74. The Labute approximate surface area is 171 Å². The van der Waals surface area contributed by atoms with Crippen molar-refractivity contribution < 1.29 is 4.74 Å². The van der Waals surface area contributed by atoms with Gasteiger partial charge in [0.05, 0.1) is 19.2 Å². The number of methoxy groups -OCH3 is 1. The number of pyridine rings is 1. The van der Waals surface area contributed by atoms with E-state index in [1.165, 1.54) is 0 Å². The Hall–Kier alpha value is -4.14. The Morgan fingerprint density at radius 1 is 1.03 bits per heavy atom. The zero-order valence-electron chi connectivity index (χ0n) is 16.5. The minimum atomic E-state index is -0.158. The number of ether oxygens (including phenoxy) is 1. The lowest BCUT2D eigenvalue weighted by Crippen LogP contribution is -2.23. The molecule has 9 nitrogen and oxygen atoms in total. The molecule has 30 heavy (non-hydrogen) atoms. The molecule has 0 aliphatic heterocycles. The largest absolute Gasteiger partial charge is 0.497 e. The number of rotatable bonds is 5. The van der Waals surface area contributed by atoms with Crippen LogP contribution in [0.5, 0.6) is 5.75 Å². The summed E-state index contributed by atoms with van der Waals surface area (Å²) in [5, 5.41) is 4.65. The summed E-state index contributed by atoms with van der Waals surface area (Å²) in [7, 11) is 3.47. The molecule has 0 aliphatic rings. The van der Waals surface area contributed by atoms with Crippen molar-refractivity contribution in [2.24, 2.45) is 7.05 Å². The molecule has 0 unspecified atom stereocenters. The van der Waals surface area contributed by atoms with E-state index in [2.05, 4.69) is 25.0 Å². The van der Waals surface area contributed by atoms with Crippen LogP contribution < -0.4 is 10.3 Å². The number of aromatic amines is 2. The van der Waals surface area contributed by atoms with Gasteiger partial charge in [0, 0.05) is 31.8 Å². The zero-order chi connectivity index (χ0) is 20.7. The fraction of sp³-hybridized carbons (Fsp3) is 0.143. The third-order valence-corrected chi connectivity index (χ3v) is 5.05. The molecule has 2 N–H and O–H groups in total. The van der Waals surface area contributed by atoms with E-state index >= 15 is 0 Å². The molecule has 0 fully saturated rings. The van der Waals surface area contributed by atoms with E-state index in [1.54, 1.807) is 47.2 Å². The minimum Gasteiger partial charge on any atom is -0.497 e. The molecule has 0 radical (unpaired) electrons. The van der Waals surface area contributed by atoms with Crippen LogP contribution in [0.4, 0.5) is 0 Å². The van der Waals surface area contributed by atoms with Gasteiger partial charge in [0.25, 0.3) is 5.56 Å². The lowest BCUT2D eigenvalue weighted by Gasteiger charge is -2.12. The summed E-state index contributed by atoms with van der Waals surface area (Å²) < 4.78 is 8.70. The van der Waals surface area contributed by atoms with Crippen LogP contribution in [0, 0.1) is 0 Å². The molecule has 0 aliphatic carbocycles. The second-order valence-electron chi connectivity index (χ2n) is 6.88. The number of imidazole rings is 2. The molecule has 0 atom stereocenters. The summed E-state index contributed by atoms with van der Waals surface area (Å²) in [5.41, 5.74) is 3.41. The molecule has 150 valence electrons. The van der Waals surface area contributed by atoms with Crippen molar-refractivity contribution in [3.63, 3.8) is 0 Å². The van der Waals surface area contributed by atoms with Crippen LogP contribution in [0.15, 0.2) is 59.9 Å². The molecule has 9 heteroatoms. The maximum Gasteiger partial charge on any atom is 0.262 e. The third kappa shape index (κ3) is 2.87. The summed E-state index contributed by atoms with van der Waals surface area (Å²) in [6.45, 7) is 0.368. The number of benzene rings is 1. The van der Waals surface area contributed by atoms with E-state index in [4.69, 9.17) is 4.74 Å². The van der Waals surface area contributed by atoms with Gasteiger partial charge in [-0.05, 0) is 23.8 Å². The molecule has 4 aromatic heterocycles. The van der Waals surface area contributed by atoms with Gasteiger partial charge in [-0.2, -0.15) is 5.10 Å². The highest BCUT2D eigenvalue weighted by atomic mass is 16.5. The third-order valence-electron chi connectivity index (χ3n) is 5.05. The number of H-pyrrole nitrogens is 2. The number of fused-ring (bicyclic) bond motifs is 1. The maximum atomic E-state index is 13.6. The SMILES string of the molecule is COc1ccc(Cn2c(=O)c(-c3ncc[nH]3)cc3nn(C)c(-c4ncc[nH]4)c32)cc1. The quantitative estimate of drug-likeness (QED) is 0.471. The summed E-state index contributed by atoms with van der Waals surface area (Å²) in [6, 6.07) is 9.42. The van der Waals surface area contributed by atoms with Gasteiger partial charge < -0.3 is 14.7 Å². The van der Waals surface area contributed by atoms with Crippen LogP contribution in [0.1, 0.15) is 5.56 Å². The average molecular weight is 401 g/mol. The second-order valence-corrected chi connectivity index (χ2v) is 6.88. The Kier molecular flexibility index (Phi) is 4.20. The molecule has 0 saturated carbocycles. The predicted octanol–water partition coefficient (Wildman–Crippen LogP) is 2.57. The monoisotopic (exact) mass is 401 g/mol. The lowest BCUT2D eigenvalue weighted by atomic mass is 10.1. The average Bonchev–Trinajstić information content (AvgIpc) is 3.51. The highest BCUT2D eigenvalue weighted by Gasteiger charge is 2.21. The van der Waals surface area contributed by atoms with Crippen molar-refractivity contribution in [1.29, 1.82) is 0 Å². The molecule has 0 saturated heterocycles. The number of aryl methyl sites for hydroxylation is 1. The van der Waals surface area contributed by atoms with Crippen LogP contribution in [0.25, 0.3) is 33.9 Å². The van der Waals surface area contributed by atoms with E-state index in [9.17, 15) is 4.79 Å². The van der Waals surface area contributed by atoms with Gasteiger partial charge in [0.2, 0.25) is 0 Å². The van der Waals surface area contributed by atoms with Gasteiger partial charge in [-0.25, -0.2) is 9.97 Å². The smallest absolute Gasteiger partial charge is 0.262 e. The van der Waals surface area contributed by atoms with E-state index in [-0.39, 0.29) is 5.56 Å². The van der Waals surface area contributed by atoms with Gasteiger partial charge in [-0.3, -0.25) is 14.0 Å². The summed E-state index contributed by atoms with van der Waals surface area (Å²) >= 11 is 0. The first-order chi connectivity index (χ1) is 14.7. The number of nitrogens with zero attached hydrogens (tertiary/aromatic N) is 5. The van der Waals surface area contributed by atoms with Gasteiger partial charge >= 0.3 is 0 Å². The Bertz CT molecular complexity index is 1360. The van der Waals surface area contributed by atoms with Crippen LogP contribution >= 0.6 is 0 Å². The van der Waals surface area contributed by atoms with Crippen LogP contribution in [-0.4, -0.2) is 41.4 Å². The lowest BCUT2D eigenvalue weighted by molar-refractivity contribution is 0.414. The summed E-state index contributed by atoms with van der Waals surface area (Å²) in [5.74, 6) is 1.92. The van der Waals surface area contributed by atoms with E-state index in [1.807, 2.05) is 31.3 Å². The molecule has 4 heterocycles. The standard InChI is InChI=1S/C21H19N7O2/c1-27-18(20-24-9-10-25-20)17-16(26-27)11-15(19-22-7-8-23-19)21(29)28(17)12-13-3-5-14(30-2)6-4-13/h3-11H,12H2,1-2H3,(H,22,23)(H,24,25). The van der Waals surface area contributed by atoms with Crippen molar-refractivity contribution in [3.05, 3.63) is 71.0 Å². The van der Waals surface area contributed by atoms with Crippen LogP contribution in [-0.2, 0) is 13.6 Å². The first kappa shape index (κ1) is 17.9. The van der Waals surface area contributed by atoms with Crippen molar-refractivity contribution in [1.82, 2.24) is 34.3 Å². The van der Waals surface area contributed by atoms with E-state index in [0.717, 1.165) is 17.0 Å². The second kappa shape index (κ2) is 7.03. The molecular weight excluding hydrogens is 382 g/mol. The zero-order valence-corrected chi connectivity index (χ0v) is 16.5. The highest BCUT2D eigenvalue weighted by molar-refractivity contribution is 5.90. The molecule has 0 amide bonds. The Balaban J connectivity index is 1.78. The van der Waals surface area contributed by atoms with E-state index < -0.39 is 0 Å². The maximum absolute atomic E-state index is 13.6. The normalized spacial score (nSPS) is 11.3. The molecule has 0 spiro atoms. The first-order valence-corrected chi connectivity index (χ1v) is 9.38. The predicted molar refractivity (Wildman–Crippen MR) is 112 cm³/mol. The van der Waals surface area contributed by atoms with Crippen molar-refractivity contribution in [3.8, 4) is 28.7 Å². The van der Waals surface area contributed by atoms with Gasteiger partial charge in [0.15, 0.2) is 5.82 Å². The fourth-order valence-electron chi connectivity index (χ4n) is 3.65. The van der Waals surface area contributed by atoms with Crippen molar-refractivity contribution in [2.45, 2.75) is 6.54 Å². The number of hydrogen-bond acceptors (Lipinski definition) is 5. The van der Waals surface area contributed by atoms with Crippen LogP contribution in [0.3, 0.4) is 0 Å². The Morgan fingerprint density at radius 3 is 2.37 bits per heavy atom. The molecule has 0 bridgehead atoms. The Morgan fingerprint density at radius 2 is 1.73 bits per heavy atom. The topological polar surface area (TPSA) is 106 Å². The van der Waals surface area contributed by atoms with Crippen LogP contribution in [0.2, 0.25) is 0 Å².